The Hall–Kier alpha value is -3.64. The van der Waals surface area contributed by atoms with Crippen molar-refractivity contribution in [3.05, 3.63) is 65.1 Å². The number of carbonyl (C=O) groups excluding carboxylic acids is 3. The van der Waals surface area contributed by atoms with Gasteiger partial charge in [-0.2, -0.15) is 0 Å². The van der Waals surface area contributed by atoms with Gasteiger partial charge in [0.05, 0.1) is 4.70 Å². The van der Waals surface area contributed by atoms with Crippen molar-refractivity contribution < 1.29 is 23.2 Å². The zero-order valence-electron chi connectivity index (χ0n) is 18.6. The molecule has 1 saturated heterocycles. The van der Waals surface area contributed by atoms with Gasteiger partial charge in [-0.25, -0.2) is 9.37 Å². The molecule has 9 nitrogen and oxygen atoms in total. The van der Waals surface area contributed by atoms with Crippen LogP contribution in [0, 0.1) is 11.7 Å². The van der Waals surface area contributed by atoms with Crippen LogP contribution in [0.4, 0.5) is 9.18 Å². The molecule has 3 heterocycles. The fourth-order valence-electron chi connectivity index (χ4n) is 3.91. The van der Waals surface area contributed by atoms with Gasteiger partial charge in [-0.1, -0.05) is 42.1 Å². The van der Waals surface area contributed by atoms with E-state index in [1.807, 2.05) is 36.4 Å². The molecule has 1 saturated carbocycles. The summed E-state index contributed by atoms with van der Waals surface area (Å²) in [4.78, 5) is 40.5. The average molecular weight is 524 g/mol. The minimum absolute atomic E-state index is 0.0629. The van der Waals surface area contributed by atoms with Crippen LogP contribution in [0.25, 0.3) is 21.3 Å². The van der Waals surface area contributed by atoms with Gasteiger partial charge in [0.15, 0.2) is 11.9 Å². The van der Waals surface area contributed by atoms with Gasteiger partial charge < -0.3 is 9.73 Å². The smallest absolute Gasteiger partial charge is 0.286 e. The topological polar surface area (TPSA) is 127 Å². The molecule has 2 atom stereocenters. The number of imide groups is 1. The Labute approximate surface area is 211 Å². The molecule has 2 unspecified atom stereocenters. The monoisotopic (exact) mass is 523 g/mol. The highest BCUT2D eigenvalue weighted by molar-refractivity contribution is 8.15. The molecule has 4 aromatic rings. The number of nitrogens with zero attached hydrogens (tertiary/aromatic N) is 3. The molecule has 2 N–H and O–H groups in total. The van der Waals surface area contributed by atoms with Crippen LogP contribution in [0.5, 0.6) is 0 Å². The fourth-order valence-corrected chi connectivity index (χ4v) is 5.79. The summed E-state index contributed by atoms with van der Waals surface area (Å²) in [6.07, 6.45) is 1.66. The van der Waals surface area contributed by atoms with E-state index in [2.05, 4.69) is 25.8 Å². The van der Waals surface area contributed by atoms with Crippen molar-refractivity contribution in [2.75, 3.05) is 0 Å². The summed E-state index contributed by atoms with van der Waals surface area (Å²) < 4.78 is 21.5. The summed E-state index contributed by atoms with van der Waals surface area (Å²) in [5, 5.41) is 12.5. The molecular formula is C24H18FN5O4S2. The number of nitrogens with one attached hydrogen (secondary N) is 2. The Balaban J connectivity index is 1.34. The van der Waals surface area contributed by atoms with Gasteiger partial charge in [0, 0.05) is 12.3 Å². The summed E-state index contributed by atoms with van der Waals surface area (Å²) in [6, 6.07) is 11.9. The second-order valence-corrected chi connectivity index (χ2v) is 10.8. The maximum Gasteiger partial charge on any atom is 0.286 e. The van der Waals surface area contributed by atoms with Crippen molar-refractivity contribution in [3.63, 3.8) is 0 Å². The van der Waals surface area contributed by atoms with Gasteiger partial charge in [0.1, 0.15) is 15.8 Å². The highest BCUT2D eigenvalue weighted by atomic mass is 32.2. The lowest BCUT2D eigenvalue weighted by molar-refractivity contribution is -0.123. The Morgan fingerprint density at radius 1 is 1.17 bits per heavy atom. The molecule has 12 heteroatoms. The number of carbonyl (C=O) groups is 3. The molecule has 182 valence electrons. The molecule has 1 aliphatic carbocycles. The highest BCUT2D eigenvalue weighted by Crippen LogP contribution is 2.36. The number of amides is 3. The minimum atomic E-state index is -0.872. The predicted molar refractivity (Wildman–Crippen MR) is 131 cm³/mol. The van der Waals surface area contributed by atoms with Crippen molar-refractivity contribution >= 4 is 50.4 Å². The molecular weight excluding hydrogens is 505 g/mol. The molecule has 0 spiro atoms. The van der Waals surface area contributed by atoms with Gasteiger partial charge in [0.2, 0.25) is 23.6 Å². The number of thioether (sulfide) groups is 1. The van der Waals surface area contributed by atoms with Gasteiger partial charge in [-0.05, 0) is 36.1 Å². The SMILES string of the molecule is O=C1NC(=O)C(Cc2nnc(C(NC(=O)C3CC3)c3nc4c(F)cc(-c5ccccc5)cc4s3)o2)S1. The van der Waals surface area contributed by atoms with E-state index in [9.17, 15) is 14.4 Å². The lowest BCUT2D eigenvalue weighted by Crippen LogP contribution is -2.30. The van der Waals surface area contributed by atoms with Crippen molar-refractivity contribution in [1.29, 1.82) is 0 Å². The van der Waals surface area contributed by atoms with Crippen molar-refractivity contribution in [2.24, 2.45) is 5.92 Å². The lowest BCUT2D eigenvalue weighted by Gasteiger charge is -2.12. The standard InChI is InChI=1S/C24H18FN5O4S2/c25-14-8-13(11-4-2-1-3-5-11)9-15-18(14)27-23(35-15)19(26-20(31)12-6-7-12)22-30-29-17(34-22)10-16-21(32)28-24(33)36-16/h1-5,8-9,12,16,19H,6-7,10H2,(H,26,31)(H,28,32,33). The third-order valence-corrected chi connectivity index (χ3v) is 7.96. The minimum Gasteiger partial charge on any atom is -0.422 e. The zero-order valence-corrected chi connectivity index (χ0v) is 20.2. The van der Waals surface area contributed by atoms with E-state index < -0.39 is 28.3 Å². The number of halogens is 1. The quantitative estimate of drug-likeness (QED) is 0.372. The first kappa shape index (κ1) is 22.8. The van der Waals surface area contributed by atoms with Crippen LogP contribution in [0.2, 0.25) is 0 Å². The molecule has 2 aliphatic rings. The summed E-state index contributed by atoms with van der Waals surface area (Å²) in [5.74, 6) is -0.912. The van der Waals surface area contributed by atoms with Gasteiger partial charge in [0.25, 0.3) is 5.24 Å². The number of thiazole rings is 1. The Bertz CT molecular complexity index is 1500. The normalized spacial score (nSPS) is 18.4. The van der Waals surface area contributed by atoms with Crippen molar-refractivity contribution in [1.82, 2.24) is 25.8 Å². The third kappa shape index (κ3) is 4.49. The van der Waals surface area contributed by atoms with E-state index >= 15 is 4.39 Å². The van der Waals surface area contributed by atoms with Crippen molar-refractivity contribution in [3.8, 4) is 11.1 Å². The lowest BCUT2D eigenvalue weighted by atomic mass is 10.1. The average Bonchev–Trinajstić information content (AvgIpc) is 3.33. The Kier molecular flexibility index (Phi) is 5.76. The second-order valence-electron chi connectivity index (χ2n) is 8.56. The van der Waals surface area contributed by atoms with Gasteiger partial charge in [-0.3, -0.25) is 19.7 Å². The van der Waals surface area contributed by atoms with Gasteiger partial charge >= 0.3 is 0 Å². The third-order valence-electron chi connectivity index (χ3n) is 5.91. The van der Waals surface area contributed by atoms with Crippen LogP contribution in [-0.4, -0.2) is 37.5 Å². The second kappa shape index (κ2) is 9.10. The summed E-state index contributed by atoms with van der Waals surface area (Å²) >= 11 is 2.09. The maximum atomic E-state index is 15.0. The highest BCUT2D eigenvalue weighted by Gasteiger charge is 2.36. The number of hydrogen-bond acceptors (Lipinski definition) is 9. The molecule has 2 aromatic carbocycles. The fraction of sp³-hybridized carbons (Fsp3) is 0.250. The molecule has 3 amide bonds. The molecule has 1 aliphatic heterocycles. The van der Waals surface area contributed by atoms with E-state index in [4.69, 9.17) is 4.42 Å². The summed E-state index contributed by atoms with van der Waals surface area (Å²) in [5.41, 5.74) is 1.79. The zero-order chi connectivity index (χ0) is 24.8. The van der Waals surface area contributed by atoms with E-state index in [0.29, 0.717) is 9.71 Å². The summed E-state index contributed by atoms with van der Waals surface area (Å²) in [6.45, 7) is 0. The first-order valence-electron chi connectivity index (χ1n) is 11.2. The molecule has 6 rings (SSSR count). The van der Waals surface area contributed by atoms with Crippen LogP contribution < -0.4 is 10.6 Å². The first-order chi connectivity index (χ1) is 17.4. The van der Waals surface area contributed by atoms with Crippen LogP contribution in [0.3, 0.4) is 0 Å². The number of rotatable bonds is 7. The van der Waals surface area contributed by atoms with E-state index in [0.717, 1.165) is 35.7 Å². The molecule has 36 heavy (non-hydrogen) atoms. The van der Waals surface area contributed by atoms with Crippen LogP contribution in [0.1, 0.15) is 35.7 Å². The molecule has 0 bridgehead atoms. The first-order valence-corrected chi connectivity index (χ1v) is 12.9. The summed E-state index contributed by atoms with van der Waals surface area (Å²) in [7, 11) is 0. The van der Waals surface area contributed by atoms with E-state index in [-0.39, 0.29) is 35.5 Å². The van der Waals surface area contributed by atoms with Crippen LogP contribution in [0.15, 0.2) is 46.9 Å². The molecule has 0 radical (unpaired) electrons. The van der Waals surface area contributed by atoms with E-state index in [1.54, 1.807) is 0 Å². The van der Waals surface area contributed by atoms with E-state index in [1.165, 1.54) is 17.4 Å². The van der Waals surface area contributed by atoms with Gasteiger partial charge in [-0.15, -0.1) is 21.5 Å². The number of benzene rings is 2. The maximum absolute atomic E-state index is 15.0. The van der Waals surface area contributed by atoms with Crippen molar-refractivity contribution in [2.45, 2.75) is 30.6 Å². The number of hydrogen-bond donors (Lipinski definition) is 2. The predicted octanol–water partition coefficient (Wildman–Crippen LogP) is 4.00. The Morgan fingerprint density at radius 3 is 2.69 bits per heavy atom. The number of fused-ring (bicyclic) bond motifs is 1. The molecule has 2 aromatic heterocycles. The number of aromatic nitrogens is 3. The molecule has 2 fully saturated rings. The largest absolute Gasteiger partial charge is 0.422 e. The van der Waals surface area contributed by atoms with Crippen LogP contribution >= 0.6 is 23.1 Å². The van der Waals surface area contributed by atoms with Crippen LogP contribution in [-0.2, 0) is 16.0 Å². The Morgan fingerprint density at radius 2 is 1.97 bits per heavy atom.